The van der Waals surface area contributed by atoms with Crippen LogP contribution >= 0.6 is 0 Å². The molecule has 0 atom stereocenters. The zero-order valence-electron chi connectivity index (χ0n) is 14.1. The lowest BCUT2D eigenvalue weighted by molar-refractivity contribution is 0.0879. The number of ether oxygens (including phenoxy) is 3. The molecule has 2 N–H and O–H groups in total. The first-order chi connectivity index (χ1) is 12.1. The number of imide groups is 1. The Kier molecular flexibility index (Phi) is 4.47. The summed E-state index contributed by atoms with van der Waals surface area (Å²) in [5.74, 6) is 0.919. The molecule has 0 saturated carbocycles. The summed E-state index contributed by atoms with van der Waals surface area (Å²) in [6.45, 7) is 0.442. The fourth-order valence-electron chi connectivity index (χ4n) is 2.78. The van der Waals surface area contributed by atoms with E-state index in [4.69, 9.17) is 14.2 Å². The molecule has 25 heavy (non-hydrogen) atoms. The second-order valence-electron chi connectivity index (χ2n) is 5.39. The van der Waals surface area contributed by atoms with E-state index in [9.17, 15) is 9.59 Å². The Morgan fingerprint density at radius 1 is 0.880 bits per heavy atom. The number of carbonyl (C=O) groups excluding carboxylic acids is 2. The summed E-state index contributed by atoms with van der Waals surface area (Å²) in [6.07, 6.45) is 0. The molecular formula is C18H18N2O5. The highest BCUT2D eigenvalue weighted by Gasteiger charge is 2.26. The van der Waals surface area contributed by atoms with Gasteiger partial charge in [-0.15, -0.1) is 0 Å². The predicted octanol–water partition coefficient (Wildman–Crippen LogP) is 2.21. The molecule has 2 aromatic rings. The van der Waals surface area contributed by atoms with E-state index in [2.05, 4.69) is 10.6 Å². The van der Waals surface area contributed by atoms with Crippen LogP contribution in [0, 0.1) is 0 Å². The first-order valence-corrected chi connectivity index (χ1v) is 7.60. The lowest BCUT2D eigenvalue weighted by Crippen LogP contribution is -2.19. The number of rotatable bonds is 6. The topological polar surface area (TPSA) is 85.9 Å². The van der Waals surface area contributed by atoms with Crippen molar-refractivity contribution in [3.8, 4) is 17.2 Å². The number of fused-ring (bicyclic) bond motifs is 1. The van der Waals surface area contributed by atoms with Gasteiger partial charge >= 0.3 is 0 Å². The van der Waals surface area contributed by atoms with Crippen LogP contribution in [0.3, 0.4) is 0 Å². The van der Waals surface area contributed by atoms with Gasteiger partial charge in [0.2, 0.25) is 5.75 Å². The molecule has 0 fully saturated rings. The standard InChI is InChI=1S/C18H18N2O5/c1-23-14-7-4-10(15(24-2)16(14)25-3)9-19-11-5-6-12-13(8-11)18(22)20-17(12)21/h4-8,19H,9H2,1-3H3,(H,20,21,22). The van der Waals surface area contributed by atoms with Crippen molar-refractivity contribution in [3.63, 3.8) is 0 Å². The summed E-state index contributed by atoms with van der Waals surface area (Å²) in [6, 6.07) is 8.71. The molecule has 2 aromatic carbocycles. The van der Waals surface area contributed by atoms with E-state index < -0.39 is 0 Å². The molecule has 1 aliphatic heterocycles. The summed E-state index contributed by atoms with van der Waals surface area (Å²) >= 11 is 0. The molecule has 7 nitrogen and oxygen atoms in total. The maximum absolute atomic E-state index is 11.7. The monoisotopic (exact) mass is 342 g/mol. The molecule has 0 aromatic heterocycles. The van der Waals surface area contributed by atoms with Crippen LogP contribution in [0.25, 0.3) is 0 Å². The van der Waals surface area contributed by atoms with Crippen LogP contribution in [0.4, 0.5) is 5.69 Å². The Labute approximate surface area is 144 Å². The molecule has 7 heteroatoms. The molecule has 0 saturated heterocycles. The first-order valence-electron chi connectivity index (χ1n) is 7.60. The van der Waals surface area contributed by atoms with Gasteiger partial charge in [0.05, 0.1) is 32.5 Å². The van der Waals surface area contributed by atoms with Crippen LogP contribution in [0.2, 0.25) is 0 Å². The van der Waals surface area contributed by atoms with E-state index in [0.29, 0.717) is 34.9 Å². The fraction of sp³-hybridized carbons (Fsp3) is 0.222. The van der Waals surface area contributed by atoms with E-state index in [-0.39, 0.29) is 11.8 Å². The normalized spacial score (nSPS) is 12.4. The minimum atomic E-state index is -0.382. The number of nitrogens with one attached hydrogen (secondary N) is 2. The smallest absolute Gasteiger partial charge is 0.259 e. The molecule has 0 radical (unpaired) electrons. The number of amides is 2. The number of hydrogen-bond donors (Lipinski definition) is 2. The minimum absolute atomic E-state index is 0.367. The average Bonchev–Trinajstić information content (AvgIpc) is 2.92. The second kappa shape index (κ2) is 6.72. The van der Waals surface area contributed by atoms with Gasteiger partial charge in [-0.3, -0.25) is 14.9 Å². The van der Waals surface area contributed by atoms with E-state index in [1.165, 1.54) is 0 Å². The van der Waals surface area contributed by atoms with E-state index in [1.807, 2.05) is 6.07 Å². The van der Waals surface area contributed by atoms with Crippen LogP contribution in [-0.2, 0) is 6.54 Å². The predicted molar refractivity (Wildman–Crippen MR) is 91.7 cm³/mol. The molecular weight excluding hydrogens is 324 g/mol. The van der Waals surface area contributed by atoms with Crippen molar-refractivity contribution >= 4 is 17.5 Å². The average molecular weight is 342 g/mol. The zero-order chi connectivity index (χ0) is 18.0. The van der Waals surface area contributed by atoms with Gasteiger partial charge in [0.15, 0.2) is 11.5 Å². The van der Waals surface area contributed by atoms with Crippen LogP contribution < -0.4 is 24.8 Å². The van der Waals surface area contributed by atoms with Crippen LogP contribution in [0.5, 0.6) is 17.2 Å². The third-order valence-corrected chi connectivity index (χ3v) is 4.00. The van der Waals surface area contributed by atoms with Gasteiger partial charge in [0.1, 0.15) is 0 Å². The van der Waals surface area contributed by atoms with Crippen LogP contribution in [-0.4, -0.2) is 33.1 Å². The van der Waals surface area contributed by atoms with Gasteiger partial charge in [-0.2, -0.15) is 0 Å². The van der Waals surface area contributed by atoms with Gasteiger partial charge in [-0.05, 0) is 30.3 Å². The largest absolute Gasteiger partial charge is 0.493 e. The van der Waals surface area contributed by atoms with E-state index in [0.717, 1.165) is 11.3 Å². The van der Waals surface area contributed by atoms with Crippen molar-refractivity contribution in [2.75, 3.05) is 26.6 Å². The molecule has 0 spiro atoms. The summed E-state index contributed by atoms with van der Waals surface area (Å²) in [5.41, 5.74) is 2.34. The molecule has 2 amide bonds. The number of hydrogen-bond acceptors (Lipinski definition) is 6. The molecule has 0 unspecified atom stereocenters. The molecule has 3 rings (SSSR count). The Bertz CT molecular complexity index is 848. The zero-order valence-corrected chi connectivity index (χ0v) is 14.1. The molecule has 0 aliphatic carbocycles. The number of benzene rings is 2. The van der Waals surface area contributed by atoms with Gasteiger partial charge in [-0.25, -0.2) is 0 Å². The summed E-state index contributed by atoms with van der Waals surface area (Å²) in [5, 5.41) is 5.50. The van der Waals surface area contributed by atoms with Gasteiger partial charge < -0.3 is 19.5 Å². The van der Waals surface area contributed by atoms with Crippen molar-refractivity contribution in [2.24, 2.45) is 0 Å². The lowest BCUT2D eigenvalue weighted by atomic mass is 10.1. The third kappa shape index (κ3) is 2.96. The Morgan fingerprint density at radius 2 is 1.60 bits per heavy atom. The van der Waals surface area contributed by atoms with Gasteiger partial charge in [0, 0.05) is 17.8 Å². The lowest BCUT2D eigenvalue weighted by Gasteiger charge is -2.16. The maximum Gasteiger partial charge on any atom is 0.259 e. The van der Waals surface area contributed by atoms with Crippen molar-refractivity contribution in [3.05, 3.63) is 47.0 Å². The minimum Gasteiger partial charge on any atom is -0.493 e. The van der Waals surface area contributed by atoms with Crippen LogP contribution in [0.15, 0.2) is 30.3 Å². The first kappa shape index (κ1) is 16.6. The highest BCUT2D eigenvalue weighted by atomic mass is 16.5. The van der Waals surface area contributed by atoms with E-state index in [1.54, 1.807) is 45.6 Å². The summed E-state index contributed by atoms with van der Waals surface area (Å²) < 4.78 is 16.1. The highest BCUT2D eigenvalue weighted by molar-refractivity contribution is 6.21. The molecule has 1 heterocycles. The van der Waals surface area contributed by atoms with Gasteiger partial charge in [-0.1, -0.05) is 0 Å². The quantitative estimate of drug-likeness (QED) is 0.783. The van der Waals surface area contributed by atoms with E-state index >= 15 is 0 Å². The maximum atomic E-state index is 11.7. The van der Waals surface area contributed by atoms with Crippen molar-refractivity contribution in [1.29, 1.82) is 0 Å². The third-order valence-electron chi connectivity index (χ3n) is 4.00. The molecule has 130 valence electrons. The fourth-order valence-corrected chi connectivity index (χ4v) is 2.78. The molecule has 0 bridgehead atoms. The Hall–Kier alpha value is -3.22. The van der Waals surface area contributed by atoms with Gasteiger partial charge in [0.25, 0.3) is 11.8 Å². The summed E-state index contributed by atoms with van der Waals surface area (Å²) in [7, 11) is 4.67. The van der Waals surface area contributed by atoms with Crippen molar-refractivity contribution in [2.45, 2.75) is 6.54 Å². The number of anilines is 1. The number of methoxy groups -OCH3 is 3. The molecule has 1 aliphatic rings. The Balaban J connectivity index is 1.84. The van der Waals surface area contributed by atoms with Crippen LogP contribution in [0.1, 0.15) is 26.3 Å². The summed E-state index contributed by atoms with van der Waals surface area (Å²) in [4.78, 5) is 23.3. The Morgan fingerprint density at radius 3 is 2.28 bits per heavy atom. The number of carbonyl (C=O) groups is 2. The SMILES string of the molecule is COc1ccc(CNc2ccc3c(c2)C(=O)NC3=O)c(OC)c1OC. The second-order valence-corrected chi connectivity index (χ2v) is 5.39. The highest BCUT2D eigenvalue weighted by Crippen LogP contribution is 2.40. The van der Waals surface area contributed by atoms with Crippen molar-refractivity contribution < 1.29 is 23.8 Å². The van der Waals surface area contributed by atoms with Crippen molar-refractivity contribution in [1.82, 2.24) is 5.32 Å².